The number of rotatable bonds is 1. The zero-order valence-corrected chi connectivity index (χ0v) is 12.8. The number of carbonyl (C=O) groups is 1. The first-order valence-electron chi connectivity index (χ1n) is 6.87. The minimum absolute atomic E-state index is 0.0117. The smallest absolute Gasteiger partial charge is 0.431 e. The van der Waals surface area contributed by atoms with Crippen molar-refractivity contribution in [1.29, 1.82) is 0 Å². The average molecular weight is 330 g/mol. The monoisotopic (exact) mass is 330 g/mol. The van der Waals surface area contributed by atoms with Gasteiger partial charge in [-0.1, -0.05) is 20.8 Å². The molecule has 1 unspecified atom stereocenters. The number of aliphatic hydroxyl groups is 1. The number of alkyl halides is 3. The number of amides is 1. The van der Waals surface area contributed by atoms with Crippen molar-refractivity contribution in [2.45, 2.75) is 39.1 Å². The van der Waals surface area contributed by atoms with Gasteiger partial charge in [0.2, 0.25) is 0 Å². The predicted octanol–water partition coefficient (Wildman–Crippen LogP) is 2.89. The van der Waals surface area contributed by atoms with Crippen LogP contribution in [0.1, 0.15) is 37.6 Å². The van der Waals surface area contributed by atoms with Gasteiger partial charge in [0, 0.05) is 17.4 Å². The molecule has 1 aromatic carbocycles. The number of benzene rings is 1. The van der Waals surface area contributed by atoms with Crippen molar-refractivity contribution in [2.24, 2.45) is 10.5 Å². The molecule has 0 aromatic heterocycles. The van der Waals surface area contributed by atoms with Gasteiger partial charge in [-0.05, 0) is 24.3 Å². The van der Waals surface area contributed by atoms with Gasteiger partial charge < -0.3 is 10.2 Å². The Morgan fingerprint density at radius 3 is 2.17 bits per heavy atom. The van der Waals surface area contributed by atoms with Crippen LogP contribution in [0.5, 0.6) is 5.75 Å². The summed E-state index contributed by atoms with van der Waals surface area (Å²) >= 11 is 0. The third-order valence-corrected chi connectivity index (χ3v) is 3.82. The fourth-order valence-corrected chi connectivity index (χ4v) is 2.23. The molecular weight excluding hydrogens is 313 g/mol. The number of aromatic hydroxyl groups is 1. The molecule has 1 aliphatic rings. The van der Waals surface area contributed by atoms with Crippen molar-refractivity contribution in [3.63, 3.8) is 0 Å². The van der Waals surface area contributed by atoms with Crippen molar-refractivity contribution < 1.29 is 28.2 Å². The lowest BCUT2D eigenvalue weighted by molar-refractivity contribution is -0.144. The van der Waals surface area contributed by atoms with Crippen molar-refractivity contribution in [1.82, 2.24) is 5.01 Å². The van der Waals surface area contributed by atoms with Crippen molar-refractivity contribution in [3.8, 4) is 5.75 Å². The number of hydrogen-bond acceptors (Lipinski definition) is 4. The summed E-state index contributed by atoms with van der Waals surface area (Å²) in [5.41, 5.74) is -4.36. The van der Waals surface area contributed by atoms with Crippen LogP contribution >= 0.6 is 0 Å². The molecule has 1 aromatic rings. The molecule has 5 nitrogen and oxygen atoms in total. The first-order chi connectivity index (χ1) is 10.4. The zero-order chi connectivity index (χ0) is 17.6. The van der Waals surface area contributed by atoms with Gasteiger partial charge in [-0.2, -0.15) is 23.3 Å². The summed E-state index contributed by atoms with van der Waals surface area (Å²) < 4.78 is 38.9. The minimum Gasteiger partial charge on any atom is -0.508 e. The van der Waals surface area contributed by atoms with Crippen LogP contribution in [0.15, 0.2) is 29.4 Å². The Hall–Kier alpha value is -2.09. The fraction of sp³-hybridized carbons (Fsp3) is 0.467. The second-order valence-electron chi connectivity index (χ2n) is 6.45. The Morgan fingerprint density at radius 2 is 1.74 bits per heavy atom. The predicted molar refractivity (Wildman–Crippen MR) is 76.8 cm³/mol. The highest BCUT2D eigenvalue weighted by Crippen LogP contribution is 2.44. The fourth-order valence-electron chi connectivity index (χ4n) is 2.23. The molecule has 1 aliphatic heterocycles. The summed E-state index contributed by atoms with van der Waals surface area (Å²) in [5, 5.41) is 23.8. The zero-order valence-electron chi connectivity index (χ0n) is 12.8. The molecule has 0 bridgehead atoms. The van der Waals surface area contributed by atoms with Gasteiger partial charge in [0.15, 0.2) is 5.72 Å². The van der Waals surface area contributed by atoms with E-state index in [-0.39, 0.29) is 11.3 Å². The van der Waals surface area contributed by atoms with E-state index in [1.807, 2.05) is 0 Å². The van der Waals surface area contributed by atoms with Gasteiger partial charge in [-0.25, -0.2) is 0 Å². The maximum atomic E-state index is 13.0. The van der Waals surface area contributed by atoms with Crippen molar-refractivity contribution in [2.75, 3.05) is 0 Å². The Balaban J connectivity index is 2.48. The van der Waals surface area contributed by atoms with E-state index < -0.39 is 35.4 Å². The lowest BCUT2D eigenvalue weighted by Crippen LogP contribution is -2.55. The number of phenolic OH excluding ortho intramolecular Hbond substituents is 1. The first-order valence-corrected chi connectivity index (χ1v) is 6.87. The molecule has 0 saturated carbocycles. The molecule has 8 heteroatoms. The largest absolute Gasteiger partial charge is 0.508 e. The number of hydrogen-bond donors (Lipinski definition) is 2. The molecule has 1 heterocycles. The average Bonchev–Trinajstić information content (AvgIpc) is 2.78. The van der Waals surface area contributed by atoms with E-state index >= 15 is 0 Å². The number of carbonyl (C=O) groups excluding carboxylic acids is 1. The maximum Gasteiger partial charge on any atom is 0.431 e. The molecular formula is C15H17F3N2O3. The van der Waals surface area contributed by atoms with Crippen LogP contribution in [0.3, 0.4) is 0 Å². The molecule has 1 atom stereocenters. The molecule has 2 rings (SSSR count). The summed E-state index contributed by atoms with van der Waals surface area (Å²) in [4.78, 5) is 12.5. The van der Waals surface area contributed by atoms with Crippen LogP contribution in [0, 0.1) is 5.41 Å². The molecule has 0 radical (unpaired) electrons. The van der Waals surface area contributed by atoms with Crippen LogP contribution in [0.4, 0.5) is 13.2 Å². The van der Waals surface area contributed by atoms with Gasteiger partial charge in [0.1, 0.15) is 11.5 Å². The first kappa shape index (κ1) is 17.3. The molecule has 2 N–H and O–H groups in total. The van der Waals surface area contributed by atoms with Gasteiger partial charge in [0.25, 0.3) is 5.91 Å². The van der Waals surface area contributed by atoms with E-state index in [0.29, 0.717) is 5.01 Å². The highest BCUT2D eigenvalue weighted by atomic mass is 19.4. The minimum atomic E-state index is -4.73. The highest BCUT2D eigenvalue weighted by Gasteiger charge is 2.57. The normalized spacial score (nSPS) is 22.2. The standard InChI is InChI=1S/C15H17F3N2O3/c1-13(2,3)14(23)8-11(15(16,17)18)19-20(14)12(22)9-4-6-10(21)7-5-9/h4-7,21,23H,8H2,1-3H3. The topological polar surface area (TPSA) is 73.1 Å². The van der Waals surface area contributed by atoms with Crippen LogP contribution in [0.2, 0.25) is 0 Å². The summed E-state index contributed by atoms with van der Waals surface area (Å²) in [6, 6.07) is 4.96. The lowest BCUT2D eigenvalue weighted by atomic mass is 9.80. The van der Waals surface area contributed by atoms with E-state index in [0.717, 1.165) is 0 Å². The second kappa shape index (κ2) is 5.23. The Kier molecular flexibility index (Phi) is 3.92. The molecule has 126 valence electrons. The quantitative estimate of drug-likeness (QED) is 0.831. The molecule has 0 saturated heterocycles. The van der Waals surface area contributed by atoms with Gasteiger partial charge in [-0.15, -0.1) is 0 Å². The van der Waals surface area contributed by atoms with Crippen molar-refractivity contribution >= 4 is 11.6 Å². The van der Waals surface area contributed by atoms with Crippen molar-refractivity contribution in [3.05, 3.63) is 29.8 Å². The van der Waals surface area contributed by atoms with Gasteiger partial charge in [-0.3, -0.25) is 4.79 Å². The number of halogens is 3. The summed E-state index contributed by atoms with van der Waals surface area (Å²) in [5.74, 6) is -0.963. The highest BCUT2D eigenvalue weighted by molar-refractivity contribution is 5.99. The maximum absolute atomic E-state index is 13.0. The van der Waals surface area contributed by atoms with Crippen LogP contribution < -0.4 is 0 Å². The van der Waals surface area contributed by atoms with Crippen LogP contribution in [-0.2, 0) is 0 Å². The number of phenols is 1. The van der Waals surface area contributed by atoms with Gasteiger partial charge >= 0.3 is 6.18 Å². The Labute approximate surface area is 131 Å². The lowest BCUT2D eigenvalue weighted by Gasteiger charge is -2.41. The van der Waals surface area contributed by atoms with E-state index in [2.05, 4.69) is 5.10 Å². The summed E-state index contributed by atoms with van der Waals surface area (Å²) in [6.07, 6.45) is -5.53. The Bertz CT molecular complexity index is 647. The number of nitrogens with zero attached hydrogens (tertiary/aromatic N) is 2. The van der Waals surface area contributed by atoms with E-state index in [1.165, 1.54) is 45.0 Å². The van der Waals surface area contributed by atoms with E-state index in [9.17, 15) is 28.2 Å². The van der Waals surface area contributed by atoms with Gasteiger partial charge in [0.05, 0.1) is 0 Å². The SMILES string of the molecule is CC(C)(C)C1(O)CC(C(F)(F)F)=NN1C(=O)c1ccc(O)cc1. The summed E-state index contributed by atoms with van der Waals surface area (Å²) in [6.45, 7) is 4.58. The summed E-state index contributed by atoms with van der Waals surface area (Å²) in [7, 11) is 0. The van der Waals surface area contributed by atoms with Crippen LogP contribution in [-0.4, -0.2) is 38.7 Å². The molecule has 0 spiro atoms. The Morgan fingerprint density at radius 1 is 1.22 bits per heavy atom. The molecule has 0 fully saturated rings. The third kappa shape index (κ3) is 3.03. The third-order valence-electron chi connectivity index (χ3n) is 3.82. The molecule has 1 amide bonds. The molecule has 0 aliphatic carbocycles. The van der Waals surface area contributed by atoms with E-state index in [4.69, 9.17) is 0 Å². The second-order valence-corrected chi connectivity index (χ2v) is 6.45. The molecule has 23 heavy (non-hydrogen) atoms. The number of hydrazone groups is 1. The van der Waals surface area contributed by atoms with Crippen LogP contribution in [0.25, 0.3) is 0 Å². The van der Waals surface area contributed by atoms with E-state index in [1.54, 1.807) is 0 Å².